The van der Waals surface area contributed by atoms with Crippen LogP contribution < -0.4 is 5.32 Å². The Balaban J connectivity index is 1.79. The molecule has 0 saturated carbocycles. The second-order valence-corrected chi connectivity index (χ2v) is 5.08. The number of imidazole rings is 1. The minimum Gasteiger partial charge on any atom is -0.320 e. The molecule has 4 heterocycles. The first-order valence-corrected chi connectivity index (χ1v) is 6.81. The minimum absolute atomic E-state index is 0.657. The quantitative estimate of drug-likeness (QED) is 0.602. The Morgan fingerprint density at radius 2 is 2.14 bits per heavy atom. The molecule has 8 nitrogen and oxygen atoms in total. The minimum atomic E-state index is 0.657. The molecule has 0 aliphatic carbocycles. The Bertz CT molecular complexity index is 945. The predicted octanol–water partition coefficient (Wildman–Crippen LogP) is 1.90. The van der Waals surface area contributed by atoms with Gasteiger partial charge in [0.2, 0.25) is 0 Å². The van der Waals surface area contributed by atoms with Crippen molar-refractivity contribution in [2.45, 2.75) is 6.92 Å². The summed E-state index contributed by atoms with van der Waals surface area (Å²) in [6, 6.07) is 1.91. The van der Waals surface area contributed by atoms with Crippen molar-refractivity contribution < 1.29 is 0 Å². The Morgan fingerprint density at radius 1 is 1.23 bits per heavy atom. The second kappa shape index (κ2) is 4.69. The van der Waals surface area contributed by atoms with E-state index < -0.39 is 0 Å². The van der Waals surface area contributed by atoms with E-state index in [1.807, 2.05) is 49.2 Å². The highest BCUT2D eigenvalue weighted by molar-refractivity contribution is 5.72. The molecule has 0 saturated heterocycles. The Morgan fingerprint density at radius 3 is 2.86 bits per heavy atom. The van der Waals surface area contributed by atoms with Crippen molar-refractivity contribution in [3.63, 3.8) is 0 Å². The number of nitrogens with one attached hydrogen (secondary N) is 2. The molecule has 110 valence electrons. The van der Waals surface area contributed by atoms with Gasteiger partial charge in [0.15, 0.2) is 17.3 Å². The molecule has 0 radical (unpaired) electrons. The van der Waals surface area contributed by atoms with Crippen molar-refractivity contribution in [2.24, 2.45) is 7.05 Å². The maximum Gasteiger partial charge on any atom is 0.180 e. The van der Waals surface area contributed by atoms with E-state index in [1.165, 1.54) is 0 Å². The lowest BCUT2D eigenvalue weighted by Crippen LogP contribution is -1.98. The van der Waals surface area contributed by atoms with E-state index in [2.05, 4.69) is 30.6 Å². The van der Waals surface area contributed by atoms with Gasteiger partial charge < -0.3 is 5.32 Å². The lowest BCUT2D eigenvalue weighted by molar-refractivity contribution is 0.768. The summed E-state index contributed by atoms with van der Waals surface area (Å²) in [5.41, 5.74) is 3.69. The highest BCUT2D eigenvalue weighted by Gasteiger charge is 2.12. The first kappa shape index (κ1) is 12.6. The molecule has 0 aromatic carbocycles. The molecule has 0 unspecified atom stereocenters. The average molecular weight is 294 g/mol. The Hall–Kier alpha value is -3.16. The summed E-state index contributed by atoms with van der Waals surface area (Å²) in [6.07, 6.45) is 9.19. The van der Waals surface area contributed by atoms with Crippen LogP contribution >= 0.6 is 0 Å². The van der Waals surface area contributed by atoms with Gasteiger partial charge in [-0.2, -0.15) is 10.2 Å². The van der Waals surface area contributed by atoms with E-state index in [0.29, 0.717) is 11.6 Å². The summed E-state index contributed by atoms with van der Waals surface area (Å²) in [7, 11) is 1.89. The molecule has 4 aromatic heterocycles. The van der Waals surface area contributed by atoms with E-state index in [1.54, 1.807) is 10.9 Å². The number of hydrogen-bond acceptors (Lipinski definition) is 5. The average Bonchev–Trinajstić information content (AvgIpc) is 3.19. The third-order valence-electron chi connectivity index (χ3n) is 3.38. The molecule has 0 fully saturated rings. The highest BCUT2D eigenvalue weighted by Crippen LogP contribution is 2.24. The zero-order valence-corrected chi connectivity index (χ0v) is 12.1. The van der Waals surface area contributed by atoms with Gasteiger partial charge in [0.1, 0.15) is 0 Å². The molecule has 8 heteroatoms. The van der Waals surface area contributed by atoms with Crippen molar-refractivity contribution in [1.29, 1.82) is 0 Å². The number of hydrogen-bond donors (Lipinski definition) is 2. The maximum atomic E-state index is 4.47. The summed E-state index contributed by atoms with van der Waals surface area (Å²) in [4.78, 5) is 8.82. The maximum absolute atomic E-state index is 4.47. The van der Waals surface area contributed by atoms with Crippen LogP contribution in [-0.4, -0.2) is 34.3 Å². The van der Waals surface area contributed by atoms with Gasteiger partial charge in [0, 0.05) is 43.0 Å². The number of fused-ring (bicyclic) bond motifs is 1. The summed E-state index contributed by atoms with van der Waals surface area (Å²) in [5, 5.41) is 14.4. The lowest BCUT2D eigenvalue weighted by atomic mass is 10.3. The number of aryl methyl sites for hydroxylation is 2. The molecule has 0 spiro atoms. The van der Waals surface area contributed by atoms with Crippen molar-refractivity contribution in [3.05, 3.63) is 42.7 Å². The van der Waals surface area contributed by atoms with Crippen molar-refractivity contribution >= 4 is 17.3 Å². The standard InChI is InChI=1S/C14H14N8/c1-9-5-12(20-19-9)18-13-14-16-7-11(22(14)4-3-15-13)10-6-17-21(2)8-10/h3-8H,1-2H3,(H2,15,18,19,20). The molecule has 4 aromatic rings. The van der Waals surface area contributed by atoms with Gasteiger partial charge in [0.05, 0.1) is 18.1 Å². The number of aromatic nitrogens is 7. The molecule has 0 atom stereocenters. The van der Waals surface area contributed by atoms with E-state index in [0.717, 1.165) is 22.6 Å². The second-order valence-electron chi connectivity index (χ2n) is 5.08. The Labute approximate surface area is 125 Å². The van der Waals surface area contributed by atoms with Crippen molar-refractivity contribution in [3.8, 4) is 11.3 Å². The van der Waals surface area contributed by atoms with Crippen LogP contribution in [0.15, 0.2) is 37.1 Å². The van der Waals surface area contributed by atoms with Crippen LogP contribution in [-0.2, 0) is 7.05 Å². The van der Waals surface area contributed by atoms with Crippen LogP contribution in [0.2, 0.25) is 0 Å². The van der Waals surface area contributed by atoms with Crippen LogP contribution in [0.4, 0.5) is 11.6 Å². The van der Waals surface area contributed by atoms with Gasteiger partial charge in [-0.15, -0.1) is 0 Å². The Kier molecular flexibility index (Phi) is 2.68. The number of nitrogens with zero attached hydrogens (tertiary/aromatic N) is 6. The molecule has 0 aliphatic heterocycles. The number of aromatic amines is 1. The van der Waals surface area contributed by atoms with Gasteiger partial charge in [-0.25, -0.2) is 9.97 Å². The molecule has 2 N–H and O–H groups in total. The van der Waals surface area contributed by atoms with E-state index in [9.17, 15) is 0 Å². The van der Waals surface area contributed by atoms with Crippen LogP contribution in [0.25, 0.3) is 16.9 Å². The fraction of sp³-hybridized carbons (Fsp3) is 0.143. The third kappa shape index (κ3) is 2.01. The number of H-pyrrole nitrogens is 1. The van der Waals surface area contributed by atoms with Gasteiger partial charge >= 0.3 is 0 Å². The molecule has 22 heavy (non-hydrogen) atoms. The molecule has 4 rings (SSSR count). The fourth-order valence-corrected chi connectivity index (χ4v) is 2.38. The molecule has 0 bridgehead atoms. The van der Waals surface area contributed by atoms with Crippen LogP contribution in [0, 0.1) is 6.92 Å². The van der Waals surface area contributed by atoms with E-state index >= 15 is 0 Å². The molecule has 0 amide bonds. The van der Waals surface area contributed by atoms with Gasteiger partial charge in [-0.1, -0.05) is 0 Å². The van der Waals surface area contributed by atoms with Crippen LogP contribution in [0.5, 0.6) is 0 Å². The normalized spacial score (nSPS) is 11.2. The van der Waals surface area contributed by atoms with Crippen LogP contribution in [0.1, 0.15) is 5.69 Å². The summed E-state index contributed by atoms with van der Waals surface area (Å²) < 4.78 is 3.74. The fourth-order valence-electron chi connectivity index (χ4n) is 2.38. The third-order valence-corrected chi connectivity index (χ3v) is 3.38. The first-order valence-electron chi connectivity index (χ1n) is 6.81. The monoisotopic (exact) mass is 294 g/mol. The SMILES string of the molecule is Cc1cc(Nc2nccn3c(-c4cnn(C)c4)cnc23)n[nH]1. The largest absolute Gasteiger partial charge is 0.320 e. The van der Waals surface area contributed by atoms with E-state index in [4.69, 9.17) is 0 Å². The van der Waals surface area contributed by atoms with Gasteiger partial charge in [0.25, 0.3) is 0 Å². The van der Waals surface area contributed by atoms with Crippen molar-refractivity contribution in [2.75, 3.05) is 5.32 Å². The number of rotatable bonds is 3. The topological polar surface area (TPSA) is 88.7 Å². The number of anilines is 2. The predicted molar refractivity (Wildman–Crippen MR) is 81.8 cm³/mol. The molecular formula is C14H14N8. The van der Waals surface area contributed by atoms with E-state index in [-0.39, 0.29) is 0 Å². The highest BCUT2D eigenvalue weighted by atomic mass is 15.2. The zero-order valence-electron chi connectivity index (χ0n) is 12.1. The zero-order chi connectivity index (χ0) is 15.1. The molecule has 0 aliphatic rings. The first-order chi connectivity index (χ1) is 10.7. The summed E-state index contributed by atoms with van der Waals surface area (Å²) in [5.74, 6) is 1.37. The van der Waals surface area contributed by atoms with Crippen LogP contribution in [0.3, 0.4) is 0 Å². The van der Waals surface area contributed by atoms with Gasteiger partial charge in [-0.05, 0) is 6.92 Å². The smallest absolute Gasteiger partial charge is 0.180 e. The lowest BCUT2D eigenvalue weighted by Gasteiger charge is -2.04. The van der Waals surface area contributed by atoms with Gasteiger partial charge in [-0.3, -0.25) is 14.2 Å². The summed E-state index contributed by atoms with van der Waals surface area (Å²) in [6.45, 7) is 1.95. The molecular weight excluding hydrogens is 280 g/mol. The summed E-state index contributed by atoms with van der Waals surface area (Å²) >= 11 is 0. The van der Waals surface area contributed by atoms with Crippen molar-refractivity contribution in [1.82, 2.24) is 34.3 Å².